The Morgan fingerprint density at radius 3 is 2.50 bits per heavy atom. The van der Waals surface area contributed by atoms with Crippen molar-refractivity contribution in [2.24, 2.45) is 5.73 Å². The summed E-state index contributed by atoms with van der Waals surface area (Å²) in [6.07, 6.45) is -0.290. The van der Waals surface area contributed by atoms with Crippen molar-refractivity contribution in [3.05, 3.63) is 101 Å². The molecule has 3 aromatic carbocycles. The largest absolute Gasteiger partial charge is 0.488 e. The smallest absolute Gasteiger partial charge is 0.197 e. The van der Waals surface area contributed by atoms with E-state index in [1.165, 1.54) is 0 Å². The van der Waals surface area contributed by atoms with Crippen LogP contribution in [0.5, 0.6) is 5.75 Å². The van der Waals surface area contributed by atoms with E-state index in [0.29, 0.717) is 36.6 Å². The van der Waals surface area contributed by atoms with Crippen molar-refractivity contribution < 1.29 is 14.3 Å². The number of hydrogen-bond donors (Lipinski definition) is 1. The van der Waals surface area contributed by atoms with Gasteiger partial charge < -0.3 is 15.2 Å². The number of hydrogen-bond acceptors (Lipinski definition) is 4. The second-order valence-electron chi connectivity index (χ2n) is 6.55. The van der Waals surface area contributed by atoms with Crippen LogP contribution in [0, 0.1) is 0 Å². The highest BCUT2D eigenvalue weighted by Crippen LogP contribution is 2.31. The van der Waals surface area contributed by atoms with E-state index in [0.717, 1.165) is 16.7 Å². The molecular weight excluding hydrogens is 374 g/mol. The number of ether oxygens (including phenoxy) is 2. The van der Waals surface area contributed by atoms with Gasteiger partial charge in [0.05, 0.1) is 18.3 Å². The first-order chi connectivity index (χ1) is 13.3. The summed E-state index contributed by atoms with van der Waals surface area (Å²) in [5.41, 5.74) is 10.0. The lowest BCUT2D eigenvalue weighted by Crippen LogP contribution is -2.16. The average Bonchev–Trinajstić information content (AvgIpc) is 2.86. The van der Waals surface area contributed by atoms with Crippen LogP contribution in [-0.2, 0) is 18.0 Å². The van der Waals surface area contributed by atoms with Crippen molar-refractivity contribution in [2.45, 2.75) is 19.3 Å². The summed E-state index contributed by atoms with van der Waals surface area (Å²) < 4.78 is 11.9. The van der Waals surface area contributed by atoms with Crippen molar-refractivity contribution in [1.29, 1.82) is 0 Å². The Bertz CT molecular complexity index is 959. The highest BCUT2D eigenvalue weighted by Gasteiger charge is 2.23. The number of carbonyl (C=O) groups is 1. The second-order valence-corrected chi connectivity index (χ2v) is 6.55. The molecule has 0 saturated carbocycles. The van der Waals surface area contributed by atoms with E-state index < -0.39 is 0 Å². The number of carbonyl (C=O) groups excluding carboxylic acids is 1. The van der Waals surface area contributed by atoms with E-state index in [4.69, 9.17) is 15.2 Å². The summed E-state index contributed by atoms with van der Waals surface area (Å²) in [6, 6.07) is 23.1. The fraction of sp³-hybridized carbons (Fsp3) is 0.174. The molecule has 1 atom stereocenters. The number of nitrogens with two attached hydrogens (primary N) is 1. The number of ketones is 1. The van der Waals surface area contributed by atoms with Gasteiger partial charge >= 0.3 is 0 Å². The van der Waals surface area contributed by atoms with E-state index in [2.05, 4.69) is 0 Å². The molecule has 0 fully saturated rings. The van der Waals surface area contributed by atoms with Crippen molar-refractivity contribution in [3.63, 3.8) is 0 Å². The van der Waals surface area contributed by atoms with Crippen LogP contribution < -0.4 is 10.5 Å². The highest BCUT2D eigenvalue weighted by atomic mass is 35.5. The first kappa shape index (κ1) is 20.1. The van der Waals surface area contributed by atoms with Gasteiger partial charge in [0, 0.05) is 17.7 Å². The topological polar surface area (TPSA) is 61.5 Å². The molecule has 0 amide bonds. The average molecular weight is 396 g/mol. The predicted octanol–water partition coefficient (Wildman–Crippen LogP) is 4.45. The Morgan fingerprint density at radius 2 is 1.71 bits per heavy atom. The predicted molar refractivity (Wildman–Crippen MR) is 111 cm³/mol. The Morgan fingerprint density at radius 1 is 0.964 bits per heavy atom. The van der Waals surface area contributed by atoms with E-state index in [-0.39, 0.29) is 24.3 Å². The molecule has 1 heterocycles. The molecule has 1 aliphatic heterocycles. The van der Waals surface area contributed by atoms with Crippen LogP contribution in [0.15, 0.2) is 72.8 Å². The third kappa shape index (κ3) is 4.09. The Kier molecular flexibility index (Phi) is 6.47. The zero-order chi connectivity index (χ0) is 18.6. The molecule has 0 saturated heterocycles. The molecule has 0 aromatic heterocycles. The fourth-order valence-corrected chi connectivity index (χ4v) is 3.29. The maximum atomic E-state index is 13.0. The quantitative estimate of drug-likeness (QED) is 0.693. The van der Waals surface area contributed by atoms with Gasteiger partial charge in [-0.3, -0.25) is 4.79 Å². The molecule has 144 valence electrons. The van der Waals surface area contributed by atoms with Crippen molar-refractivity contribution in [2.75, 3.05) is 6.54 Å². The lowest BCUT2D eigenvalue weighted by Gasteiger charge is -2.18. The van der Waals surface area contributed by atoms with Gasteiger partial charge in [-0.05, 0) is 23.3 Å². The van der Waals surface area contributed by atoms with Crippen LogP contribution in [0.2, 0.25) is 0 Å². The molecule has 0 bridgehead atoms. The summed E-state index contributed by atoms with van der Waals surface area (Å²) in [5, 5.41) is 0. The molecule has 3 aromatic rings. The first-order valence-electron chi connectivity index (χ1n) is 9.01. The summed E-state index contributed by atoms with van der Waals surface area (Å²) in [5.74, 6) is 0.567. The Hall–Kier alpha value is -2.66. The molecule has 1 aliphatic rings. The number of rotatable bonds is 5. The number of benzene rings is 3. The van der Waals surface area contributed by atoms with Gasteiger partial charge in [0.25, 0.3) is 0 Å². The van der Waals surface area contributed by atoms with Crippen molar-refractivity contribution in [3.8, 4) is 5.75 Å². The van der Waals surface area contributed by atoms with Gasteiger partial charge in [0.15, 0.2) is 5.78 Å². The second kappa shape index (κ2) is 9.02. The monoisotopic (exact) mass is 395 g/mol. The SMILES string of the molecule is Cl.NCC(OCc1ccccc1)c1ccc2c(c1)C(=O)c1ccccc1CO2. The highest BCUT2D eigenvalue weighted by molar-refractivity contribution is 6.12. The summed E-state index contributed by atoms with van der Waals surface area (Å²) in [4.78, 5) is 13.0. The van der Waals surface area contributed by atoms with Crippen molar-refractivity contribution in [1.82, 2.24) is 0 Å². The Labute approximate surface area is 170 Å². The zero-order valence-corrected chi connectivity index (χ0v) is 16.2. The van der Waals surface area contributed by atoms with Gasteiger partial charge in [0.1, 0.15) is 12.4 Å². The summed E-state index contributed by atoms with van der Waals surface area (Å²) in [7, 11) is 0. The molecule has 0 radical (unpaired) electrons. The molecule has 4 nitrogen and oxygen atoms in total. The van der Waals surface area contributed by atoms with Crippen LogP contribution in [0.25, 0.3) is 0 Å². The molecule has 1 unspecified atom stereocenters. The fourth-order valence-electron chi connectivity index (χ4n) is 3.29. The molecule has 4 rings (SSSR count). The minimum absolute atomic E-state index is 0. The van der Waals surface area contributed by atoms with Gasteiger partial charge in [-0.15, -0.1) is 12.4 Å². The van der Waals surface area contributed by atoms with Crippen LogP contribution in [0.3, 0.4) is 0 Å². The minimum Gasteiger partial charge on any atom is -0.488 e. The first-order valence-corrected chi connectivity index (χ1v) is 9.01. The number of fused-ring (bicyclic) bond motifs is 2. The lowest BCUT2D eigenvalue weighted by atomic mass is 9.96. The maximum Gasteiger partial charge on any atom is 0.197 e. The summed E-state index contributed by atoms with van der Waals surface area (Å²) >= 11 is 0. The third-order valence-electron chi connectivity index (χ3n) is 4.77. The van der Waals surface area contributed by atoms with Gasteiger partial charge in [-0.1, -0.05) is 60.7 Å². The van der Waals surface area contributed by atoms with E-state index in [1.807, 2.05) is 72.8 Å². The molecule has 0 aliphatic carbocycles. The molecular formula is C23H22ClNO3. The minimum atomic E-state index is -0.290. The van der Waals surface area contributed by atoms with Gasteiger partial charge in [-0.25, -0.2) is 0 Å². The normalized spacial score (nSPS) is 13.4. The molecule has 2 N–H and O–H groups in total. The van der Waals surface area contributed by atoms with Crippen LogP contribution in [-0.4, -0.2) is 12.3 Å². The van der Waals surface area contributed by atoms with E-state index >= 15 is 0 Å². The zero-order valence-electron chi connectivity index (χ0n) is 15.3. The van der Waals surface area contributed by atoms with Gasteiger partial charge in [-0.2, -0.15) is 0 Å². The Balaban J connectivity index is 0.00000225. The number of halogens is 1. The van der Waals surface area contributed by atoms with Crippen LogP contribution >= 0.6 is 12.4 Å². The molecule has 28 heavy (non-hydrogen) atoms. The van der Waals surface area contributed by atoms with Crippen molar-refractivity contribution >= 4 is 18.2 Å². The molecule has 5 heteroatoms. The van der Waals surface area contributed by atoms with Crippen LogP contribution in [0.4, 0.5) is 0 Å². The lowest BCUT2D eigenvalue weighted by molar-refractivity contribution is 0.0456. The third-order valence-corrected chi connectivity index (χ3v) is 4.77. The van der Waals surface area contributed by atoms with E-state index in [9.17, 15) is 4.79 Å². The van der Waals surface area contributed by atoms with Gasteiger partial charge in [0.2, 0.25) is 0 Å². The maximum absolute atomic E-state index is 13.0. The standard InChI is InChI=1S/C23H21NO3.ClH/c24-13-22(26-14-16-6-2-1-3-7-16)17-10-11-21-20(12-17)23(25)19-9-5-4-8-18(19)15-27-21;/h1-12,22H,13-15,24H2;1H. The van der Waals surface area contributed by atoms with E-state index in [1.54, 1.807) is 0 Å². The molecule has 0 spiro atoms. The summed E-state index contributed by atoms with van der Waals surface area (Å²) in [6.45, 7) is 1.18. The van der Waals surface area contributed by atoms with Crippen LogP contribution in [0.1, 0.15) is 38.7 Å².